The predicted molar refractivity (Wildman–Crippen MR) is 98.4 cm³/mol. The molecule has 0 fully saturated rings. The van der Waals surface area contributed by atoms with E-state index in [1.165, 1.54) is 6.20 Å². The molecule has 6 nitrogen and oxygen atoms in total. The van der Waals surface area contributed by atoms with E-state index >= 15 is 0 Å². The van der Waals surface area contributed by atoms with E-state index in [1.54, 1.807) is 27.7 Å². The van der Waals surface area contributed by atoms with E-state index in [1.807, 2.05) is 26.0 Å². The van der Waals surface area contributed by atoms with Crippen LogP contribution in [0, 0.1) is 6.92 Å². The van der Waals surface area contributed by atoms with Gasteiger partial charge in [-0.05, 0) is 31.5 Å². The van der Waals surface area contributed by atoms with Gasteiger partial charge in [-0.3, -0.25) is 14.2 Å². The van der Waals surface area contributed by atoms with Crippen molar-refractivity contribution in [2.24, 2.45) is 0 Å². The molecule has 3 rings (SSSR count). The summed E-state index contributed by atoms with van der Waals surface area (Å²) >= 11 is 12.1. The number of halogens is 2. The molecule has 0 aliphatic carbocycles. The molecule has 0 saturated carbocycles. The van der Waals surface area contributed by atoms with Crippen molar-refractivity contribution in [1.29, 1.82) is 0 Å². The first kappa shape index (κ1) is 17.5. The lowest BCUT2D eigenvalue weighted by Crippen LogP contribution is -2.12. The van der Waals surface area contributed by atoms with E-state index in [2.05, 4.69) is 15.5 Å². The topological polar surface area (TPSA) is 64.7 Å². The molecule has 2 aromatic heterocycles. The monoisotopic (exact) mass is 377 g/mol. The van der Waals surface area contributed by atoms with Crippen LogP contribution >= 0.6 is 23.2 Å². The Balaban J connectivity index is 1.74. The average Bonchev–Trinajstić information content (AvgIpc) is 3.17. The van der Waals surface area contributed by atoms with Gasteiger partial charge in [0.1, 0.15) is 0 Å². The van der Waals surface area contributed by atoms with Crippen molar-refractivity contribution < 1.29 is 4.79 Å². The first-order chi connectivity index (χ1) is 12.0. The first-order valence-electron chi connectivity index (χ1n) is 7.78. The molecule has 2 heterocycles. The molecule has 0 spiro atoms. The Kier molecular flexibility index (Phi) is 5.11. The molecule has 0 aliphatic heterocycles. The summed E-state index contributed by atoms with van der Waals surface area (Å²) in [6.45, 7) is 5.08. The summed E-state index contributed by atoms with van der Waals surface area (Å²) < 4.78 is 3.47. The number of hydrogen-bond donors (Lipinski definition) is 1. The highest BCUT2D eigenvalue weighted by molar-refractivity contribution is 6.35. The summed E-state index contributed by atoms with van der Waals surface area (Å²) in [5.41, 5.74) is 2.31. The van der Waals surface area contributed by atoms with E-state index in [4.69, 9.17) is 23.2 Å². The van der Waals surface area contributed by atoms with E-state index in [0.29, 0.717) is 34.5 Å². The van der Waals surface area contributed by atoms with Gasteiger partial charge in [0.05, 0.1) is 18.3 Å². The number of hydrogen-bond acceptors (Lipinski definition) is 3. The standard InChI is InChI=1S/C17H17Cl2N5O/c1-3-23-9-13(8-20-23)17(25)21-16-6-11(2)24(22-16)10-12-4-5-14(18)7-15(12)19/h4-9H,3,10H2,1-2H3,(H,21,22,25). The van der Waals surface area contributed by atoms with Gasteiger partial charge in [0.15, 0.2) is 5.82 Å². The normalized spacial score (nSPS) is 10.9. The number of benzene rings is 1. The van der Waals surface area contributed by atoms with Crippen LogP contribution in [0.25, 0.3) is 0 Å². The summed E-state index contributed by atoms with van der Waals surface area (Å²) in [4.78, 5) is 12.3. The lowest BCUT2D eigenvalue weighted by Gasteiger charge is -2.07. The van der Waals surface area contributed by atoms with Gasteiger partial charge in [-0.1, -0.05) is 29.3 Å². The SMILES string of the molecule is CCn1cc(C(=O)Nc2cc(C)n(Cc3ccc(Cl)cc3Cl)n2)cn1. The highest BCUT2D eigenvalue weighted by Gasteiger charge is 2.13. The van der Waals surface area contributed by atoms with Crippen LogP contribution in [-0.2, 0) is 13.1 Å². The molecule has 0 atom stereocenters. The van der Waals surface area contributed by atoms with E-state index < -0.39 is 0 Å². The van der Waals surface area contributed by atoms with Gasteiger partial charge in [0.2, 0.25) is 0 Å². The minimum absolute atomic E-state index is 0.242. The van der Waals surface area contributed by atoms with Crippen LogP contribution in [-0.4, -0.2) is 25.5 Å². The van der Waals surface area contributed by atoms with Gasteiger partial charge in [-0.15, -0.1) is 0 Å². The Labute approximate surface area is 155 Å². The maximum Gasteiger partial charge on any atom is 0.260 e. The lowest BCUT2D eigenvalue weighted by molar-refractivity contribution is 0.102. The molecule has 3 aromatic rings. The third-order valence-corrected chi connectivity index (χ3v) is 4.36. The summed E-state index contributed by atoms with van der Waals surface area (Å²) in [7, 11) is 0. The number of aromatic nitrogens is 4. The van der Waals surface area contributed by atoms with E-state index in [-0.39, 0.29) is 5.91 Å². The largest absolute Gasteiger partial charge is 0.305 e. The highest BCUT2D eigenvalue weighted by Crippen LogP contribution is 2.22. The Hall–Kier alpha value is -2.31. The van der Waals surface area contributed by atoms with Crippen molar-refractivity contribution >= 4 is 34.9 Å². The molecule has 0 aliphatic rings. The quantitative estimate of drug-likeness (QED) is 0.730. The van der Waals surface area contributed by atoms with E-state index in [0.717, 1.165) is 11.3 Å². The second kappa shape index (κ2) is 7.29. The highest BCUT2D eigenvalue weighted by atomic mass is 35.5. The second-order valence-electron chi connectivity index (χ2n) is 5.60. The van der Waals surface area contributed by atoms with Crippen LogP contribution in [0.15, 0.2) is 36.7 Å². The van der Waals surface area contributed by atoms with Gasteiger partial charge >= 0.3 is 0 Å². The Bertz CT molecular complexity index is 916. The van der Waals surface area contributed by atoms with Crippen LogP contribution in [0.1, 0.15) is 28.5 Å². The minimum Gasteiger partial charge on any atom is -0.305 e. The molecule has 25 heavy (non-hydrogen) atoms. The summed E-state index contributed by atoms with van der Waals surface area (Å²) in [6.07, 6.45) is 3.24. The van der Waals surface area contributed by atoms with Crippen molar-refractivity contribution in [2.45, 2.75) is 26.9 Å². The zero-order valence-corrected chi connectivity index (χ0v) is 15.3. The number of nitrogens with one attached hydrogen (secondary N) is 1. The van der Waals surface area contributed by atoms with E-state index in [9.17, 15) is 4.79 Å². The number of rotatable bonds is 5. The number of aryl methyl sites for hydroxylation is 2. The first-order valence-corrected chi connectivity index (χ1v) is 8.54. The van der Waals surface area contributed by atoms with Crippen molar-refractivity contribution in [2.75, 3.05) is 5.32 Å². The van der Waals surface area contributed by atoms with Crippen LogP contribution < -0.4 is 5.32 Å². The number of carbonyl (C=O) groups excluding carboxylic acids is 1. The molecular weight excluding hydrogens is 361 g/mol. The lowest BCUT2D eigenvalue weighted by atomic mass is 10.2. The molecule has 0 unspecified atom stereocenters. The van der Waals surface area contributed by atoms with Gasteiger partial charge in [-0.25, -0.2) is 0 Å². The molecular formula is C17H17Cl2N5O. The smallest absolute Gasteiger partial charge is 0.260 e. The Morgan fingerprint density at radius 1 is 1.28 bits per heavy atom. The molecule has 1 aromatic carbocycles. The summed E-state index contributed by atoms with van der Waals surface area (Å²) in [5, 5.41) is 12.5. The third-order valence-electron chi connectivity index (χ3n) is 3.78. The number of anilines is 1. The van der Waals surface area contributed by atoms with Crippen molar-refractivity contribution in [1.82, 2.24) is 19.6 Å². The van der Waals surface area contributed by atoms with Crippen LogP contribution in [0.5, 0.6) is 0 Å². The fraction of sp³-hybridized carbons (Fsp3) is 0.235. The second-order valence-corrected chi connectivity index (χ2v) is 6.45. The van der Waals surface area contributed by atoms with Gasteiger partial charge in [-0.2, -0.15) is 10.2 Å². The Morgan fingerprint density at radius 2 is 2.08 bits per heavy atom. The minimum atomic E-state index is -0.242. The summed E-state index contributed by atoms with van der Waals surface area (Å²) in [6, 6.07) is 7.16. The maximum atomic E-state index is 12.3. The molecule has 1 amide bonds. The molecule has 8 heteroatoms. The third kappa shape index (κ3) is 4.03. The molecule has 1 N–H and O–H groups in total. The molecule has 0 radical (unpaired) electrons. The zero-order valence-electron chi connectivity index (χ0n) is 13.8. The number of carbonyl (C=O) groups is 1. The molecule has 0 saturated heterocycles. The van der Waals surface area contributed by atoms with Gasteiger partial charge in [0, 0.05) is 34.5 Å². The predicted octanol–water partition coefficient (Wildman–Crippen LogP) is 4.02. The summed E-state index contributed by atoms with van der Waals surface area (Å²) in [5.74, 6) is 0.241. The van der Waals surface area contributed by atoms with Crippen LogP contribution in [0.3, 0.4) is 0 Å². The zero-order chi connectivity index (χ0) is 18.0. The van der Waals surface area contributed by atoms with Crippen LogP contribution in [0.2, 0.25) is 10.0 Å². The number of nitrogens with zero attached hydrogens (tertiary/aromatic N) is 4. The van der Waals surface area contributed by atoms with Crippen LogP contribution in [0.4, 0.5) is 5.82 Å². The fourth-order valence-corrected chi connectivity index (χ4v) is 2.85. The van der Waals surface area contributed by atoms with Gasteiger partial charge in [0.25, 0.3) is 5.91 Å². The van der Waals surface area contributed by atoms with Crippen molar-refractivity contribution in [3.05, 3.63) is 63.5 Å². The van der Waals surface area contributed by atoms with Gasteiger partial charge < -0.3 is 5.32 Å². The molecule has 0 bridgehead atoms. The van der Waals surface area contributed by atoms with Crippen molar-refractivity contribution in [3.63, 3.8) is 0 Å². The molecule has 130 valence electrons. The Morgan fingerprint density at radius 3 is 2.76 bits per heavy atom. The average molecular weight is 378 g/mol. The fourth-order valence-electron chi connectivity index (χ4n) is 2.38. The maximum absolute atomic E-state index is 12.3. The van der Waals surface area contributed by atoms with Crippen molar-refractivity contribution in [3.8, 4) is 0 Å². The number of amides is 1.